The van der Waals surface area contributed by atoms with Crippen LogP contribution in [0, 0.1) is 11.8 Å². The maximum atomic E-state index is 15.0. The average Bonchev–Trinajstić information content (AvgIpc) is 0.809. The highest BCUT2D eigenvalue weighted by molar-refractivity contribution is 7.56. The van der Waals surface area contributed by atoms with Crippen LogP contribution >= 0.6 is 22.9 Å². The van der Waals surface area contributed by atoms with Crippen LogP contribution in [0.4, 0.5) is 0 Å². The lowest BCUT2D eigenvalue weighted by Crippen LogP contribution is -2.51. The zero-order valence-electron chi connectivity index (χ0n) is 57.7. The van der Waals surface area contributed by atoms with Crippen LogP contribution < -0.4 is 44.2 Å². The maximum Gasteiger partial charge on any atom is 0.345 e. The molecule has 4 rings (SSSR count). The predicted molar refractivity (Wildman–Crippen MR) is 363 cm³/mol. The molecule has 12 N–H and O–H groups in total. The molecule has 542 valence electrons. The van der Waals surface area contributed by atoms with E-state index in [1.54, 1.807) is 58.8 Å². The molecule has 34 heteroatoms. The summed E-state index contributed by atoms with van der Waals surface area (Å²) in [5, 5.41) is 12.2. The number of ketones is 3. The molecule has 94 heavy (non-hydrogen) atoms. The molecule has 31 nitrogen and oxygen atoms in total. The summed E-state index contributed by atoms with van der Waals surface area (Å²) in [5.74, 6) is -1.66. The van der Waals surface area contributed by atoms with Crippen molar-refractivity contribution in [2.24, 2.45) is 44.8 Å². The Morgan fingerprint density at radius 2 is 1.04 bits per heavy atom. The van der Waals surface area contributed by atoms with Crippen molar-refractivity contribution in [1.29, 1.82) is 0 Å². The Morgan fingerprint density at radius 1 is 0.564 bits per heavy atom. The number of unbranched alkanes of at least 4 members (excludes halogenated alkanes) is 4. The number of hydrogen-bond acceptors (Lipinski definition) is 19. The first kappa shape index (κ1) is 82.6. The van der Waals surface area contributed by atoms with Gasteiger partial charge in [-0.2, -0.15) is 0 Å². The molecule has 0 radical (unpaired) electrons. The van der Waals surface area contributed by atoms with E-state index >= 15 is 0 Å². The summed E-state index contributed by atoms with van der Waals surface area (Å²) >= 11 is 0. The molecule has 0 saturated carbocycles. The lowest BCUT2D eigenvalue weighted by atomic mass is 9.93. The number of guanidine groups is 2. The number of hydrogen-bond donors (Lipinski definition) is 8. The minimum absolute atomic E-state index is 0.0139. The summed E-state index contributed by atoms with van der Waals surface area (Å²) in [6.45, 7) is 12.3. The van der Waals surface area contributed by atoms with Crippen molar-refractivity contribution < 1.29 is 70.2 Å². The quantitative estimate of drug-likeness (QED) is 0.0188. The number of carbonyl (C=O) groups is 6. The maximum absolute atomic E-state index is 15.0. The lowest BCUT2D eigenvalue weighted by Gasteiger charge is -2.44. The van der Waals surface area contributed by atoms with Crippen molar-refractivity contribution in [2.75, 3.05) is 153 Å². The lowest BCUT2D eigenvalue weighted by molar-refractivity contribution is -0.132. The number of rotatable bonds is 46. The highest BCUT2D eigenvalue weighted by atomic mass is 31.2. The van der Waals surface area contributed by atoms with Gasteiger partial charge in [0.25, 0.3) is 7.52 Å². The van der Waals surface area contributed by atoms with Crippen LogP contribution in [0.25, 0.3) is 0 Å². The molecule has 0 bridgehead atoms. The third-order valence-corrected chi connectivity index (χ3v) is 24.4. The molecule has 4 aliphatic rings. The molecule has 0 aromatic carbocycles. The smallest absolute Gasteiger partial charge is 0.345 e. The number of carbonyl (C=O) groups excluding carboxylic acids is 6. The van der Waals surface area contributed by atoms with E-state index in [1.165, 1.54) is 6.92 Å². The SMILES string of the molecule is CNCP(=O)(OCC1CNCC(C)O1)N1CC(C)OC(COP(=O)(N(C)C)N2CC(C)OC(COP(=O)(N(C)C)N3CCN(C(=O)CCCC(=O)CCCCCNC(=O)C(CCCN=C(N)N)CC(=O)CCCCCNC(=O)C(CCCN=C(N)N)CC(C)=O)CC3)C2)C1. The van der Waals surface area contributed by atoms with E-state index in [0.717, 1.165) is 6.54 Å². The van der Waals surface area contributed by atoms with Gasteiger partial charge in [-0.25, -0.2) is 23.4 Å². The van der Waals surface area contributed by atoms with Crippen molar-refractivity contribution in [3.8, 4) is 0 Å². The van der Waals surface area contributed by atoms with Crippen LogP contribution in [-0.4, -0.2) is 265 Å². The van der Waals surface area contributed by atoms with Crippen LogP contribution in [0.15, 0.2) is 9.98 Å². The van der Waals surface area contributed by atoms with Crippen molar-refractivity contribution in [2.45, 2.75) is 173 Å². The van der Waals surface area contributed by atoms with Gasteiger partial charge in [-0.05, 0) is 121 Å². The zero-order chi connectivity index (χ0) is 69.4. The van der Waals surface area contributed by atoms with Crippen molar-refractivity contribution in [1.82, 2.24) is 49.5 Å². The second-order valence-electron chi connectivity index (χ2n) is 25.7. The summed E-state index contributed by atoms with van der Waals surface area (Å²) in [7, 11) is -2.23. The first-order valence-corrected chi connectivity index (χ1v) is 38.5. The molecule has 4 saturated heterocycles. The summed E-state index contributed by atoms with van der Waals surface area (Å²) in [6.07, 6.45) is 5.62. The van der Waals surface area contributed by atoms with Gasteiger partial charge in [0, 0.05) is 142 Å². The number of nitrogens with one attached hydrogen (secondary N) is 4. The van der Waals surface area contributed by atoms with Crippen LogP contribution in [0.2, 0.25) is 0 Å². The molecule has 11 atom stereocenters. The number of ether oxygens (including phenoxy) is 3. The van der Waals surface area contributed by atoms with Crippen LogP contribution in [-0.2, 0) is 70.2 Å². The standard InChI is InChI=1S/C60H117N16O15P3/c1-45(77)33-49(19-17-27-69-59(61)62)57(81)67-25-15-11-13-22-52(79)34-50(20-18-28-70-60(63)64)58(82)68-26-14-10-12-21-51(78)23-16-24-56(80)73-29-31-74(32-30-73)93(84,71(6)7)87-43-55-40-76(38-48(4)91-55)94(85,72(8)9)88-42-54-39-75(37-47(3)90-54)92(83,44-65-5)86-41-53-36-66-35-46(2)89-53/h46-50,53-55,65-66H,10-44H2,1-9H3,(H,67,81)(H,68,82)(H4,61,62,69)(H4,63,64,70). The molecule has 3 amide bonds. The number of aliphatic imine (C=N–C) groups is 2. The normalized spacial score (nSPS) is 23.5. The van der Waals surface area contributed by atoms with Crippen molar-refractivity contribution >= 4 is 69.9 Å². The summed E-state index contributed by atoms with van der Waals surface area (Å²) in [6, 6.07) is 0. The number of nitrogens with two attached hydrogens (primary N) is 4. The number of piperazine rings is 1. The summed E-state index contributed by atoms with van der Waals surface area (Å²) in [5.41, 5.74) is 21.7. The van der Waals surface area contributed by atoms with Gasteiger partial charge in [-0.3, -0.25) is 47.7 Å². The Balaban J connectivity index is 1.14. The fourth-order valence-corrected chi connectivity index (χ4v) is 18.1. The Hall–Kier alpha value is -3.87. The molecular formula is C60H117N16O15P3. The van der Waals surface area contributed by atoms with Crippen molar-refractivity contribution in [3.05, 3.63) is 0 Å². The van der Waals surface area contributed by atoms with Gasteiger partial charge in [0.05, 0.1) is 62.7 Å². The van der Waals surface area contributed by atoms with E-state index in [2.05, 4.69) is 31.3 Å². The third kappa shape index (κ3) is 29.7. The van der Waals surface area contributed by atoms with E-state index in [1.807, 2.05) is 25.4 Å². The van der Waals surface area contributed by atoms with Crippen molar-refractivity contribution in [3.63, 3.8) is 0 Å². The molecule has 0 aromatic rings. The molecule has 4 fully saturated rings. The summed E-state index contributed by atoms with van der Waals surface area (Å²) in [4.78, 5) is 86.9. The third-order valence-electron chi connectivity index (χ3n) is 16.8. The molecule has 0 aromatic heterocycles. The van der Waals surface area contributed by atoms with E-state index < -0.39 is 46.9 Å². The Labute approximate surface area is 558 Å². The highest BCUT2D eigenvalue weighted by Crippen LogP contribution is 2.56. The number of Topliss-reactive ketones (excluding diaryl/α,β-unsaturated/α-hetero) is 3. The van der Waals surface area contributed by atoms with Crippen LogP contribution in [0.3, 0.4) is 0 Å². The second-order valence-corrected chi connectivity index (χ2v) is 33.3. The van der Waals surface area contributed by atoms with Gasteiger partial charge in [0.1, 0.15) is 17.3 Å². The van der Waals surface area contributed by atoms with E-state index in [9.17, 15) is 42.5 Å². The average molecular weight is 1400 g/mol. The minimum Gasteiger partial charge on any atom is -0.370 e. The fourth-order valence-electron chi connectivity index (χ4n) is 11.9. The molecule has 0 aliphatic carbocycles. The van der Waals surface area contributed by atoms with Gasteiger partial charge in [0.15, 0.2) is 11.9 Å². The largest absolute Gasteiger partial charge is 0.370 e. The fraction of sp³-hybridized carbons (Fsp3) is 0.867. The number of amides is 3. The van der Waals surface area contributed by atoms with Gasteiger partial charge >= 0.3 is 15.3 Å². The second kappa shape index (κ2) is 42.8. The molecular weight excluding hydrogens is 1280 g/mol. The van der Waals surface area contributed by atoms with E-state index in [0.29, 0.717) is 149 Å². The monoisotopic (exact) mass is 1390 g/mol. The first-order valence-electron chi connectivity index (χ1n) is 33.7. The molecule has 11 unspecified atom stereocenters. The summed E-state index contributed by atoms with van der Waals surface area (Å²) < 4.78 is 90.0. The van der Waals surface area contributed by atoms with Gasteiger partial charge < -0.3 is 81.7 Å². The van der Waals surface area contributed by atoms with E-state index in [-0.39, 0.29) is 143 Å². The number of nitrogens with zero attached hydrogens (tertiary/aromatic N) is 8. The predicted octanol–water partition coefficient (Wildman–Crippen LogP) is 2.82. The first-order chi connectivity index (χ1) is 44.6. The van der Waals surface area contributed by atoms with E-state index in [4.69, 9.17) is 50.7 Å². The topological polar surface area (TPSA) is 405 Å². The minimum atomic E-state index is -3.70. The number of morpholine rings is 3. The van der Waals surface area contributed by atoms with Crippen LogP contribution in [0.1, 0.15) is 137 Å². The van der Waals surface area contributed by atoms with Gasteiger partial charge in [0.2, 0.25) is 17.7 Å². The Morgan fingerprint density at radius 3 is 1.55 bits per heavy atom. The van der Waals surface area contributed by atoms with Crippen LogP contribution in [0.5, 0.6) is 0 Å². The Kier molecular flexibility index (Phi) is 37.6. The Bertz CT molecular complexity index is 2560. The molecule has 0 spiro atoms. The highest BCUT2D eigenvalue weighted by Gasteiger charge is 2.45. The van der Waals surface area contributed by atoms with Gasteiger partial charge in [-0.15, -0.1) is 0 Å². The van der Waals surface area contributed by atoms with Gasteiger partial charge in [-0.1, -0.05) is 12.8 Å². The molecule has 4 aliphatic heterocycles. The molecule has 4 heterocycles. The zero-order valence-corrected chi connectivity index (χ0v) is 60.4.